The van der Waals surface area contributed by atoms with Gasteiger partial charge in [-0.1, -0.05) is 0 Å². The lowest BCUT2D eigenvalue weighted by Gasteiger charge is -1.84. The molecule has 30 valence electrons. The van der Waals surface area contributed by atoms with Crippen molar-refractivity contribution in [2.75, 3.05) is 0 Å². The molecule has 0 aromatic heterocycles. The molecule has 0 saturated carbocycles. The third kappa shape index (κ3) is 3.55. The zero-order chi connectivity index (χ0) is 4.28. The molecule has 0 aromatic carbocycles. The van der Waals surface area contributed by atoms with Gasteiger partial charge in [-0.05, 0) is 0 Å². The smallest absolute Gasteiger partial charge is 0.230 e. The normalized spacial score (nSPS) is 8.60. The predicted octanol–water partition coefficient (Wildman–Crippen LogP) is -3.22. The minimum absolute atomic E-state index is 0.176. The Kier molecular flexibility index (Phi) is 1.67. The molecule has 0 aromatic rings. The number of carbonyl (C=O) groups is 1. The first-order chi connectivity index (χ1) is 2.27. The van der Waals surface area contributed by atoms with Crippen LogP contribution in [-0.2, 0) is 4.79 Å². The van der Waals surface area contributed by atoms with E-state index < -0.39 is 0 Å². The van der Waals surface area contributed by atoms with Gasteiger partial charge >= 0.3 is 6.41 Å². The molecular formula is CH6N3O+. The summed E-state index contributed by atoms with van der Waals surface area (Å²) in [6.45, 7) is 0. The number of amides is 1. The lowest BCUT2D eigenvalue weighted by Crippen LogP contribution is -3.22. The van der Waals surface area contributed by atoms with Crippen molar-refractivity contribution in [1.82, 2.24) is 0 Å². The summed E-state index contributed by atoms with van der Waals surface area (Å²) in [4.78, 5) is 9.22. The van der Waals surface area contributed by atoms with Crippen molar-refractivity contribution in [2.24, 2.45) is 11.7 Å². The molecule has 0 aliphatic rings. The molecule has 0 atom stereocenters. The number of rotatable bonds is 1. The van der Waals surface area contributed by atoms with Gasteiger partial charge in [0, 0.05) is 0 Å². The zero-order valence-electron chi connectivity index (χ0n) is 2.64. The van der Waals surface area contributed by atoms with Crippen LogP contribution in [0.1, 0.15) is 0 Å². The highest BCUT2D eigenvalue weighted by Gasteiger charge is 1.77. The molecule has 1 amide bonds. The number of nitrogens with two attached hydrogens (primary N) is 2. The third-order valence-corrected chi connectivity index (χ3v) is 0.136. The van der Waals surface area contributed by atoms with E-state index in [1.807, 2.05) is 0 Å². The Morgan fingerprint density at radius 1 is 1.60 bits per heavy atom. The molecule has 0 aliphatic heterocycles. The standard InChI is InChI=1S/CH5N3O/c2-4(3)1-5/h1H,2-3H2/p+1. The minimum Gasteiger partial charge on any atom is -0.230 e. The Morgan fingerprint density at radius 3 is 1.80 bits per heavy atom. The van der Waals surface area contributed by atoms with Gasteiger partial charge in [-0.15, -0.1) is 5.12 Å². The van der Waals surface area contributed by atoms with Crippen LogP contribution in [-0.4, -0.2) is 6.41 Å². The van der Waals surface area contributed by atoms with Crippen LogP contribution in [0.15, 0.2) is 0 Å². The van der Waals surface area contributed by atoms with E-state index >= 15 is 0 Å². The van der Waals surface area contributed by atoms with Crippen LogP contribution >= 0.6 is 0 Å². The van der Waals surface area contributed by atoms with Crippen LogP contribution in [0.4, 0.5) is 0 Å². The number of hydrogen-bond acceptors (Lipinski definition) is 3. The fourth-order valence-corrected chi connectivity index (χ4v) is 0. The fourth-order valence-electron chi connectivity index (χ4n) is 0. The topological polar surface area (TPSA) is 73.6 Å². The number of quaternary nitrogens is 1. The summed E-state index contributed by atoms with van der Waals surface area (Å²) in [6, 6.07) is 0. The van der Waals surface area contributed by atoms with Gasteiger partial charge in [0.15, 0.2) is 0 Å². The first-order valence-corrected chi connectivity index (χ1v) is 1.10. The molecule has 4 nitrogen and oxygen atoms in total. The largest absolute Gasteiger partial charge is 0.337 e. The van der Waals surface area contributed by atoms with Gasteiger partial charge < -0.3 is 0 Å². The fraction of sp³-hybridized carbons (Fsp3) is 0. The van der Waals surface area contributed by atoms with Crippen molar-refractivity contribution < 1.29 is 9.91 Å². The Hall–Kier alpha value is -0.450. The van der Waals surface area contributed by atoms with Crippen molar-refractivity contribution in [3.63, 3.8) is 0 Å². The van der Waals surface area contributed by atoms with Gasteiger partial charge in [-0.2, -0.15) is 11.7 Å². The van der Waals surface area contributed by atoms with E-state index in [0.717, 1.165) is 0 Å². The predicted molar refractivity (Wildman–Crippen MR) is 15.4 cm³/mol. The highest BCUT2D eigenvalue weighted by Crippen LogP contribution is 0.826. The van der Waals surface area contributed by atoms with Gasteiger partial charge in [-0.3, -0.25) is 0 Å². The summed E-state index contributed by atoms with van der Waals surface area (Å²) in [5.74, 6) is 9.24. The van der Waals surface area contributed by atoms with E-state index in [1.165, 1.54) is 0 Å². The van der Waals surface area contributed by atoms with Crippen molar-refractivity contribution in [1.29, 1.82) is 0 Å². The van der Waals surface area contributed by atoms with Crippen LogP contribution in [0.5, 0.6) is 0 Å². The van der Waals surface area contributed by atoms with Crippen molar-refractivity contribution in [3.8, 4) is 0 Å². The minimum atomic E-state index is -0.176. The first kappa shape index (κ1) is 4.55. The second kappa shape index (κ2) is 1.83. The van der Waals surface area contributed by atoms with E-state index in [9.17, 15) is 4.79 Å². The van der Waals surface area contributed by atoms with E-state index in [2.05, 4.69) is 11.7 Å². The molecule has 0 heterocycles. The molecule has 4 heteroatoms. The lowest BCUT2D eigenvalue weighted by atomic mass is 11.4. The average molecular weight is 76.1 g/mol. The van der Waals surface area contributed by atoms with Crippen molar-refractivity contribution in [2.45, 2.75) is 0 Å². The van der Waals surface area contributed by atoms with E-state index in [4.69, 9.17) is 0 Å². The number of hydrogen-bond donors (Lipinski definition) is 3. The highest BCUT2D eigenvalue weighted by molar-refractivity contribution is 5.32. The van der Waals surface area contributed by atoms with E-state index in [0.29, 0.717) is 6.41 Å². The highest BCUT2D eigenvalue weighted by atomic mass is 16.2. The zero-order valence-corrected chi connectivity index (χ0v) is 2.64. The Bertz CT molecular complexity index is 33.9. The molecule has 5 N–H and O–H groups in total. The number of nitrogens with one attached hydrogen (secondary N) is 1. The van der Waals surface area contributed by atoms with Gasteiger partial charge in [0.05, 0.1) is 0 Å². The summed E-state index contributed by atoms with van der Waals surface area (Å²) < 4.78 is 0. The molecule has 0 fully saturated rings. The SMILES string of the molecule is N[NH+](N)C=O. The quantitative estimate of drug-likeness (QED) is 0.133. The third-order valence-electron chi connectivity index (χ3n) is 0.136. The monoisotopic (exact) mass is 76.1 g/mol. The molecule has 5 heavy (non-hydrogen) atoms. The second-order valence-electron chi connectivity index (χ2n) is 0.618. The number of carbonyl (C=O) groups excluding carboxylic acids is 1. The molecule has 0 bridgehead atoms. The molecular weight excluding hydrogens is 70.0 g/mol. The maximum Gasteiger partial charge on any atom is 0.337 e. The Balaban J connectivity index is 2.83. The van der Waals surface area contributed by atoms with Crippen LogP contribution in [0, 0.1) is 0 Å². The first-order valence-electron chi connectivity index (χ1n) is 1.10. The van der Waals surface area contributed by atoms with Gasteiger partial charge in [-0.25, -0.2) is 4.79 Å². The van der Waals surface area contributed by atoms with E-state index in [-0.39, 0.29) is 5.12 Å². The van der Waals surface area contributed by atoms with Gasteiger partial charge in [0.1, 0.15) is 0 Å². The van der Waals surface area contributed by atoms with Crippen LogP contribution in [0.3, 0.4) is 0 Å². The lowest BCUT2D eigenvalue weighted by molar-refractivity contribution is -0.836. The van der Waals surface area contributed by atoms with Crippen LogP contribution in [0.25, 0.3) is 0 Å². The van der Waals surface area contributed by atoms with E-state index in [1.54, 1.807) is 0 Å². The summed E-state index contributed by atoms with van der Waals surface area (Å²) in [5.41, 5.74) is 0. The van der Waals surface area contributed by atoms with Crippen molar-refractivity contribution in [3.05, 3.63) is 0 Å². The summed E-state index contributed by atoms with van der Waals surface area (Å²) in [6.07, 6.45) is 0.389. The molecule has 0 saturated heterocycles. The Morgan fingerprint density at radius 2 is 1.80 bits per heavy atom. The summed E-state index contributed by atoms with van der Waals surface area (Å²) in [7, 11) is 0. The van der Waals surface area contributed by atoms with Crippen molar-refractivity contribution >= 4 is 6.41 Å². The average Bonchev–Trinajstić information content (AvgIpc) is 1.38. The maximum absolute atomic E-state index is 9.22. The molecule has 0 unspecified atom stereocenters. The second-order valence-corrected chi connectivity index (χ2v) is 0.618. The maximum atomic E-state index is 9.22. The molecule has 0 radical (unpaired) electrons. The Labute approximate surface area is 29.3 Å². The summed E-state index contributed by atoms with van der Waals surface area (Å²) in [5, 5.41) is -0.176. The van der Waals surface area contributed by atoms with Gasteiger partial charge in [0.25, 0.3) is 0 Å². The molecule has 0 spiro atoms. The van der Waals surface area contributed by atoms with Crippen LogP contribution < -0.4 is 16.8 Å². The summed E-state index contributed by atoms with van der Waals surface area (Å²) >= 11 is 0. The van der Waals surface area contributed by atoms with Crippen LogP contribution in [0.2, 0.25) is 0 Å². The van der Waals surface area contributed by atoms with Gasteiger partial charge in [0.2, 0.25) is 0 Å². The molecule has 0 aliphatic carbocycles. The molecule has 0 rings (SSSR count).